The molecule has 0 heterocycles. The first kappa shape index (κ1) is 16.7. The fourth-order valence-electron chi connectivity index (χ4n) is 1.39. The molecule has 6 heteroatoms. The Labute approximate surface area is 108 Å². The zero-order valence-corrected chi connectivity index (χ0v) is 11.8. The van der Waals surface area contributed by atoms with Gasteiger partial charge in [0.25, 0.3) is 0 Å². The number of hydrogen-bond acceptors (Lipinski definition) is 5. The number of hydrogen-bond donors (Lipinski definition) is 4. The van der Waals surface area contributed by atoms with Crippen LogP contribution in [0.25, 0.3) is 0 Å². The summed E-state index contributed by atoms with van der Waals surface area (Å²) in [7, 11) is 0. The molecule has 0 aromatic heterocycles. The summed E-state index contributed by atoms with van der Waals surface area (Å²) < 4.78 is -0.646. The molecule has 0 spiro atoms. The Balaban J connectivity index is 4.74. The van der Waals surface area contributed by atoms with Crippen LogP contribution < -0.4 is 5.73 Å². The summed E-state index contributed by atoms with van der Waals surface area (Å²) >= 11 is 4.27. The molecule has 0 aliphatic carbocycles. The van der Waals surface area contributed by atoms with Crippen LogP contribution in [-0.4, -0.2) is 57.1 Å². The Morgan fingerprint density at radius 2 is 1.65 bits per heavy atom. The number of aliphatic hydroxyl groups excluding tert-OH is 2. The van der Waals surface area contributed by atoms with Crippen LogP contribution in [0.3, 0.4) is 0 Å². The van der Waals surface area contributed by atoms with Crippen molar-refractivity contribution in [1.29, 1.82) is 0 Å². The predicted molar refractivity (Wildman–Crippen MR) is 71.0 cm³/mol. The van der Waals surface area contributed by atoms with E-state index in [0.717, 1.165) is 0 Å². The van der Waals surface area contributed by atoms with E-state index in [2.05, 4.69) is 12.6 Å². The van der Waals surface area contributed by atoms with Crippen LogP contribution >= 0.6 is 12.6 Å². The second-order valence-electron chi connectivity index (χ2n) is 5.07. The second kappa shape index (κ2) is 6.58. The Morgan fingerprint density at radius 1 is 1.29 bits per heavy atom. The van der Waals surface area contributed by atoms with Crippen LogP contribution in [0.2, 0.25) is 0 Å². The van der Waals surface area contributed by atoms with Gasteiger partial charge in [-0.15, -0.1) is 0 Å². The van der Waals surface area contributed by atoms with Crippen molar-refractivity contribution in [3.05, 3.63) is 0 Å². The van der Waals surface area contributed by atoms with Crippen molar-refractivity contribution in [3.63, 3.8) is 0 Å². The van der Waals surface area contributed by atoms with Crippen LogP contribution in [0.4, 0.5) is 0 Å². The van der Waals surface area contributed by atoms with Gasteiger partial charge >= 0.3 is 0 Å². The molecule has 0 radical (unpaired) electrons. The van der Waals surface area contributed by atoms with Gasteiger partial charge in [0.1, 0.15) is 0 Å². The third-order valence-electron chi connectivity index (χ3n) is 2.31. The zero-order chi connectivity index (χ0) is 13.8. The lowest BCUT2D eigenvalue weighted by Gasteiger charge is -2.32. The highest BCUT2D eigenvalue weighted by Crippen LogP contribution is 2.18. The van der Waals surface area contributed by atoms with Gasteiger partial charge in [-0.2, -0.15) is 12.6 Å². The Morgan fingerprint density at radius 3 is 1.88 bits per heavy atom. The zero-order valence-electron chi connectivity index (χ0n) is 10.9. The quantitative estimate of drug-likeness (QED) is 0.492. The van der Waals surface area contributed by atoms with E-state index in [4.69, 9.17) is 5.73 Å². The van der Waals surface area contributed by atoms with Crippen LogP contribution in [0.15, 0.2) is 0 Å². The van der Waals surface area contributed by atoms with E-state index in [-0.39, 0.29) is 19.0 Å². The Hall–Kier alpha value is -0.300. The molecular weight excluding hydrogens is 240 g/mol. The number of amides is 1. The van der Waals surface area contributed by atoms with Gasteiger partial charge in [-0.3, -0.25) is 4.79 Å². The van der Waals surface area contributed by atoms with Crippen LogP contribution in [0.1, 0.15) is 27.7 Å². The molecule has 0 rings (SSSR count). The highest BCUT2D eigenvalue weighted by molar-refractivity contribution is 7.81. The Kier molecular flexibility index (Phi) is 6.47. The second-order valence-corrected chi connectivity index (χ2v) is 6.23. The number of nitrogens with zero attached hydrogens (tertiary/aromatic N) is 1. The molecule has 0 saturated heterocycles. The first-order valence-corrected chi connectivity index (χ1v) is 6.13. The normalized spacial score (nSPS) is 17.4. The van der Waals surface area contributed by atoms with Gasteiger partial charge < -0.3 is 20.8 Å². The maximum absolute atomic E-state index is 12.1. The van der Waals surface area contributed by atoms with Crippen molar-refractivity contribution < 1.29 is 15.0 Å². The SMILES string of the molecule is CC(O)CN(CC(C)O)C(=O)[C@@H](N)C(C)(C)S. The fraction of sp³-hybridized carbons (Fsp3) is 0.909. The molecule has 0 aromatic rings. The average Bonchev–Trinajstić information content (AvgIpc) is 2.11. The topological polar surface area (TPSA) is 86.8 Å². The molecule has 2 unspecified atom stereocenters. The van der Waals surface area contributed by atoms with Crippen molar-refractivity contribution in [3.8, 4) is 0 Å². The van der Waals surface area contributed by atoms with E-state index in [1.807, 2.05) is 0 Å². The first-order valence-electron chi connectivity index (χ1n) is 5.68. The molecular formula is C11H24N2O3S. The summed E-state index contributed by atoms with van der Waals surface area (Å²) in [5.41, 5.74) is 5.82. The molecule has 4 N–H and O–H groups in total. The molecule has 0 aliphatic rings. The molecule has 0 aromatic carbocycles. The number of aliphatic hydroxyl groups is 2. The van der Waals surface area contributed by atoms with Crippen molar-refractivity contribution in [2.45, 2.75) is 50.7 Å². The van der Waals surface area contributed by atoms with Crippen molar-refractivity contribution in [2.24, 2.45) is 5.73 Å². The lowest BCUT2D eigenvalue weighted by molar-refractivity contribution is -0.135. The standard InChI is InChI=1S/C11H24N2O3S/c1-7(14)5-13(6-8(2)15)10(16)9(12)11(3,4)17/h7-9,14-15,17H,5-6,12H2,1-4H3/t7?,8?,9-/m1/s1. The summed E-state index contributed by atoms with van der Waals surface area (Å²) in [6.07, 6.45) is -1.32. The van der Waals surface area contributed by atoms with E-state index in [1.54, 1.807) is 27.7 Å². The third-order valence-corrected chi connectivity index (χ3v) is 2.59. The molecule has 102 valence electrons. The summed E-state index contributed by atoms with van der Waals surface area (Å²) in [5.74, 6) is -0.313. The van der Waals surface area contributed by atoms with E-state index in [0.29, 0.717) is 0 Å². The van der Waals surface area contributed by atoms with Crippen LogP contribution in [-0.2, 0) is 4.79 Å². The minimum atomic E-state index is -0.775. The van der Waals surface area contributed by atoms with Gasteiger partial charge in [-0.05, 0) is 27.7 Å². The minimum Gasteiger partial charge on any atom is -0.392 e. The molecule has 0 bridgehead atoms. The molecule has 17 heavy (non-hydrogen) atoms. The summed E-state index contributed by atoms with van der Waals surface area (Å²) in [4.78, 5) is 13.5. The fourth-order valence-corrected chi connectivity index (χ4v) is 1.50. The first-order chi connectivity index (χ1) is 7.55. The van der Waals surface area contributed by atoms with Gasteiger partial charge in [0, 0.05) is 17.8 Å². The van der Waals surface area contributed by atoms with Gasteiger partial charge in [-0.1, -0.05) is 0 Å². The molecule has 0 fully saturated rings. The largest absolute Gasteiger partial charge is 0.392 e. The minimum absolute atomic E-state index is 0.154. The van der Waals surface area contributed by atoms with Gasteiger partial charge in [-0.25, -0.2) is 0 Å². The lowest BCUT2D eigenvalue weighted by Crippen LogP contribution is -2.55. The van der Waals surface area contributed by atoms with Crippen LogP contribution in [0.5, 0.6) is 0 Å². The number of thiol groups is 1. The molecule has 1 amide bonds. The highest BCUT2D eigenvalue weighted by atomic mass is 32.1. The molecule has 3 atom stereocenters. The van der Waals surface area contributed by atoms with Gasteiger partial charge in [0.05, 0.1) is 18.2 Å². The number of rotatable bonds is 6. The molecule has 0 aliphatic heterocycles. The van der Waals surface area contributed by atoms with E-state index < -0.39 is 23.0 Å². The van der Waals surface area contributed by atoms with Gasteiger partial charge in [0.15, 0.2) is 0 Å². The monoisotopic (exact) mass is 264 g/mol. The third kappa shape index (κ3) is 6.26. The predicted octanol–water partition coefficient (Wildman–Crippen LogP) is -0.388. The molecule has 5 nitrogen and oxygen atoms in total. The van der Waals surface area contributed by atoms with Crippen molar-refractivity contribution in [2.75, 3.05) is 13.1 Å². The van der Waals surface area contributed by atoms with Crippen LogP contribution in [0, 0.1) is 0 Å². The van der Waals surface area contributed by atoms with E-state index >= 15 is 0 Å². The maximum atomic E-state index is 12.1. The average molecular weight is 264 g/mol. The number of nitrogens with two attached hydrogens (primary N) is 1. The maximum Gasteiger partial charge on any atom is 0.241 e. The lowest BCUT2D eigenvalue weighted by atomic mass is 10.0. The summed E-state index contributed by atoms with van der Waals surface area (Å²) in [6, 6.07) is -0.775. The van der Waals surface area contributed by atoms with Crippen molar-refractivity contribution in [1.82, 2.24) is 4.90 Å². The smallest absolute Gasteiger partial charge is 0.241 e. The summed E-state index contributed by atoms with van der Waals surface area (Å²) in [6.45, 7) is 6.98. The van der Waals surface area contributed by atoms with Gasteiger partial charge in [0.2, 0.25) is 5.91 Å². The Bertz CT molecular complexity index is 242. The highest BCUT2D eigenvalue weighted by Gasteiger charge is 2.32. The number of carbonyl (C=O) groups excluding carboxylic acids is 1. The van der Waals surface area contributed by atoms with E-state index in [9.17, 15) is 15.0 Å². The van der Waals surface area contributed by atoms with Crippen molar-refractivity contribution >= 4 is 18.5 Å². The number of carbonyl (C=O) groups is 1. The summed E-state index contributed by atoms with van der Waals surface area (Å²) in [5, 5.41) is 18.7. The molecule has 0 saturated carbocycles. The van der Waals surface area contributed by atoms with E-state index in [1.165, 1.54) is 4.90 Å².